The minimum Gasteiger partial charge on any atom is -0.316 e. The van der Waals surface area contributed by atoms with E-state index < -0.39 is 0 Å². The zero-order chi connectivity index (χ0) is 13.7. The maximum atomic E-state index is 6.30. The predicted molar refractivity (Wildman–Crippen MR) is 85.7 cm³/mol. The van der Waals surface area contributed by atoms with E-state index in [9.17, 15) is 0 Å². The van der Waals surface area contributed by atoms with Crippen LogP contribution in [-0.2, 0) is 6.54 Å². The summed E-state index contributed by atoms with van der Waals surface area (Å²) in [6.45, 7) is 7.74. The van der Waals surface area contributed by atoms with Crippen molar-refractivity contribution in [2.45, 2.75) is 26.3 Å². The lowest BCUT2D eigenvalue weighted by Crippen LogP contribution is -2.38. The van der Waals surface area contributed by atoms with Gasteiger partial charge in [0.15, 0.2) is 0 Å². The van der Waals surface area contributed by atoms with Gasteiger partial charge in [0.05, 0.1) is 0 Å². The fraction of sp³-hybridized carbons (Fsp3) is 0.600. The second kappa shape index (κ2) is 7.63. The van der Waals surface area contributed by atoms with Gasteiger partial charge in [-0.25, -0.2) is 0 Å². The van der Waals surface area contributed by atoms with Crippen molar-refractivity contribution in [1.29, 1.82) is 0 Å². The van der Waals surface area contributed by atoms with Crippen molar-refractivity contribution in [3.05, 3.63) is 33.3 Å². The van der Waals surface area contributed by atoms with Crippen molar-refractivity contribution in [3.8, 4) is 0 Å². The SMILES string of the molecule is CCN(Cc1ccc(Br)cc1Cl)CC1CCCNC1. The molecule has 0 aromatic heterocycles. The van der Waals surface area contributed by atoms with E-state index in [4.69, 9.17) is 11.6 Å². The molecule has 0 saturated carbocycles. The zero-order valence-corrected chi connectivity index (χ0v) is 13.8. The number of nitrogens with one attached hydrogen (secondary N) is 1. The van der Waals surface area contributed by atoms with Crippen LogP contribution < -0.4 is 5.32 Å². The Hall–Kier alpha value is -0.0900. The van der Waals surface area contributed by atoms with Crippen LogP contribution in [0.2, 0.25) is 5.02 Å². The van der Waals surface area contributed by atoms with E-state index in [1.54, 1.807) is 0 Å². The van der Waals surface area contributed by atoms with Crippen LogP contribution in [0.5, 0.6) is 0 Å². The molecule has 0 amide bonds. The number of piperidine rings is 1. The minimum atomic E-state index is 0.780. The highest BCUT2D eigenvalue weighted by Crippen LogP contribution is 2.23. The van der Waals surface area contributed by atoms with Crippen LogP contribution in [-0.4, -0.2) is 31.1 Å². The maximum Gasteiger partial charge on any atom is 0.0462 e. The second-order valence-electron chi connectivity index (χ2n) is 5.28. The Morgan fingerprint density at radius 2 is 2.32 bits per heavy atom. The number of nitrogens with zero attached hydrogens (tertiary/aromatic N) is 1. The van der Waals surface area contributed by atoms with Gasteiger partial charge in [-0.3, -0.25) is 4.90 Å². The van der Waals surface area contributed by atoms with Gasteiger partial charge in [-0.15, -0.1) is 0 Å². The summed E-state index contributed by atoms with van der Waals surface area (Å²) < 4.78 is 1.04. The standard InChI is InChI=1S/C15H22BrClN2/c1-2-19(10-12-4-3-7-18-9-12)11-13-5-6-14(16)8-15(13)17/h5-6,8,12,18H,2-4,7,9-11H2,1H3. The molecule has 1 unspecified atom stereocenters. The summed E-state index contributed by atoms with van der Waals surface area (Å²) in [5, 5.41) is 4.34. The molecule has 0 bridgehead atoms. The molecule has 1 aliphatic rings. The van der Waals surface area contributed by atoms with E-state index in [2.05, 4.69) is 45.2 Å². The third kappa shape index (κ3) is 4.75. The highest BCUT2D eigenvalue weighted by atomic mass is 79.9. The van der Waals surface area contributed by atoms with E-state index in [0.29, 0.717) is 0 Å². The first-order valence-corrected chi connectivity index (χ1v) is 8.23. The fourth-order valence-electron chi connectivity index (χ4n) is 2.64. The Balaban J connectivity index is 1.94. The highest BCUT2D eigenvalue weighted by molar-refractivity contribution is 9.10. The number of rotatable bonds is 5. The van der Waals surface area contributed by atoms with Crippen molar-refractivity contribution in [2.24, 2.45) is 5.92 Å². The van der Waals surface area contributed by atoms with Gasteiger partial charge >= 0.3 is 0 Å². The van der Waals surface area contributed by atoms with Crippen molar-refractivity contribution < 1.29 is 0 Å². The van der Waals surface area contributed by atoms with Crippen LogP contribution in [0.15, 0.2) is 22.7 Å². The van der Waals surface area contributed by atoms with Gasteiger partial charge in [0.2, 0.25) is 0 Å². The van der Waals surface area contributed by atoms with Crippen molar-refractivity contribution >= 4 is 27.5 Å². The zero-order valence-electron chi connectivity index (χ0n) is 11.5. The van der Waals surface area contributed by atoms with E-state index in [1.165, 1.54) is 24.9 Å². The lowest BCUT2D eigenvalue weighted by Gasteiger charge is -2.29. The molecule has 2 rings (SSSR count). The summed E-state index contributed by atoms with van der Waals surface area (Å²) in [7, 11) is 0. The summed E-state index contributed by atoms with van der Waals surface area (Å²) >= 11 is 9.76. The molecular weight excluding hydrogens is 324 g/mol. The first-order valence-electron chi connectivity index (χ1n) is 7.06. The van der Waals surface area contributed by atoms with Gasteiger partial charge < -0.3 is 5.32 Å². The van der Waals surface area contributed by atoms with Gasteiger partial charge in [-0.2, -0.15) is 0 Å². The molecular formula is C15H22BrClN2. The van der Waals surface area contributed by atoms with E-state index >= 15 is 0 Å². The van der Waals surface area contributed by atoms with Gasteiger partial charge in [0, 0.05) is 22.6 Å². The summed E-state index contributed by atoms with van der Waals surface area (Å²) in [6.07, 6.45) is 2.65. The van der Waals surface area contributed by atoms with Crippen molar-refractivity contribution in [1.82, 2.24) is 10.2 Å². The third-order valence-corrected chi connectivity index (χ3v) is 4.62. The fourth-order valence-corrected chi connectivity index (χ4v) is 3.37. The maximum absolute atomic E-state index is 6.30. The summed E-state index contributed by atoms with van der Waals surface area (Å²) in [5.41, 5.74) is 1.22. The van der Waals surface area contributed by atoms with E-state index in [-0.39, 0.29) is 0 Å². The molecule has 1 fully saturated rings. The summed E-state index contributed by atoms with van der Waals surface area (Å²) in [5.74, 6) is 0.780. The molecule has 1 heterocycles. The van der Waals surface area contributed by atoms with Crippen LogP contribution in [0.25, 0.3) is 0 Å². The van der Waals surface area contributed by atoms with Crippen molar-refractivity contribution in [3.63, 3.8) is 0 Å². The molecule has 2 nitrogen and oxygen atoms in total. The minimum absolute atomic E-state index is 0.780. The highest BCUT2D eigenvalue weighted by Gasteiger charge is 2.16. The largest absolute Gasteiger partial charge is 0.316 e. The summed E-state index contributed by atoms with van der Waals surface area (Å²) in [6, 6.07) is 6.16. The van der Waals surface area contributed by atoms with Crippen LogP contribution >= 0.6 is 27.5 Å². The lowest BCUT2D eigenvalue weighted by atomic mass is 9.99. The topological polar surface area (TPSA) is 15.3 Å². The van der Waals surface area contributed by atoms with Gasteiger partial charge in [0.25, 0.3) is 0 Å². The molecule has 0 spiro atoms. The van der Waals surface area contributed by atoms with Crippen LogP contribution in [0.3, 0.4) is 0 Å². The van der Waals surface area contributed by atoms with Crippen molar-refractivity contribution in [2.75, 3.05) is 26.2 Å². The Kier molecular flexibility index (Phi) is 6.14. The quantitative estimate of drug-likeness (QED) is 0.870. The van der Waals surface area contributed by atoms with Gasteiger partial charge in [-0.05, 0) is 56.1 Å². The monoisotopic (exact) mass is 344 g/mol. The van der Waals surface area contributed by atoms with Crippen LogP contribution in [0.1, 0.15) is 25.3 Å². The molecule has 1 saturated heterocycles. The van der Waals surface area contributed by atoms with Crippen LogP contribution in [0, 0.1) is 5.92 Å². The average molecular weight is 346 g/mol. The summed E-state index contributed by atoms with van der Waals surface area (Å²) in [4.78, 5) is 2.49. The van der Waals surface area contributed by atoms with Gasteiger partial charge in [0.1, 0.15) is 0 Å². The Morgan fingerprint density at radius 1 is 1.47 bits per heavy atom. The molecule has 106 valence electrons. The molecule has 1 N–H and O–H groups in total. The average Bonchev–Trinajstić information content (AvgIpc) is 2.42. The molecule has 1 aliphatic heterocycles. The molecule has 19 heavy (non-hydrogen) atoms. The lowest BCUT2D eigenvalue weighted by molar-refractivity contribution is 0.210. The number of hydrogen-bond acceptors (Lipinski definition) is 2. The first kappa shape index (κ1) is 15.3. The molecule has 1 atom stereocenters. The Morgan fingerprint density at radius 3 is 2.95 bits per heavy atom. The molecule has 1 aromatic carbocycles. The first-order chi connectivity index (χ1) is 9.19. The second-order valence-corrected chi connectivity index (χ2v) is 6.60. The van der Waals surface area contributed by atoms with E-state index in [0.717, 1.165) is 41.6 Å². The molecule has 1 aromatic rings. The van der Waals surface area contributed by atoms with Crippen LogP contribution in [0.4, 0.5) is 0 Å². The Labute approximate surface area is 129 Å². The predicted octanol–water partition coefficient (Wildman–Crippen LogP) is 3.92. The Bertz CT molecular complexity index is 405. The third-order valence-electron chi connectivity index (χ3n) is 3.77. The molecule has 4 heteroatoms. The number of hydrogen-bond donors (Lipinski definition) is 1. The molecule has 0 radical (unpaired) electrons. The smallest absolute Gasteiger partial charge is 0.0462 e. The normalized spacial score (nSPS) is 19.9. The number of halogens is 2. The van der Waals surface area contributed by atoms with E-state index in [1.807, 2.05) is 6.07 Å². The number of benzene rings is 1. The van der Waals surface area contributed by atoms with Gasteiger partial charge in [-0.1, -0.05) is 40.5 Å². The molecule has 0 aliphatic carbocycles.